The second kappa shape index (κ2) is 20.9. The SMILES string of the molecule is O=C(O)C(O)C(O)C(=O)O.O=C(O)C(O)C(O)C(=O)O.O=C(O)C(O)C(O)C(=O)O.[Nd].[Nd]. The van der Waals surface area contributed by atoms with Gasteiger partial charge in [-0.15, -0.1) is 0 Å². The van der Waals surface area contributed by atoms with Gasteiger partial charge >= 0.3 is 35.8 Å². The fraction of sp³-hybridized carbons (Fsp3) is 0.500. The Labute approximate surface area is 241 Å². The fourth-order valence-corrected chi connectivity index (χ4v) is 0.810. The summed E-state index contributed by atoms with van der Waals surface area (Å²) >= 11 is 0. The van der Waals surface area contributed by atoms with Crippen molar-refractivity contribution in [2.75, 3.05) is 0 Å². The van der Waals surface area contributed by atoms with Crippen LogP contribution < -0.4 is 0 Å². The van der Waals surface area contributed by atoms with Gasteiger partial charge in [-0.1, -0.05) is 0 Å². The normalized spacial score (nSPS) is 14.8. The second-order valence-electron chi connectivity index (χ2n) is 4.70. The van der Waals surface area contributed by atoms with Gasteiger partial charge in [0.1, 0.15) is 0 Å². The van der Waals surface area contributed by atoms with Gasteiger partial charge in [0.15, 0.2) is 36.6 Å². The average molecular weight is 739 g/mol. The summed E-state index contributed by atoms with van der Waals surface area (Å²) in [5.41, 5.74) is 0. The third-order valence-corrected chi connectivity index (χ3v) is 2.42. The first-order chi connectivity index (χ1) is 13.4. The van der Waals surface area contributed by atoms with E-state index in [9.17, 15) is 28.8 Å². The first kappa shape index (κ1) is 41.5. The van der Waals surface area contributed by atoms with E-state index in [0.29, 0.717) is 0 Å². The molecule has 0 aromatic carbocycles. The number of carboxylic acid groups (broad SMARTS) is 6. The molecule has 6 atom stereocenters. The summed E-state index contributed by atoms with van der Waals surface area (Å²) in [4.78, 5) is 58.6. The zero-order chi connectivity index (χ0) is 24.9. The van der Waals surface area contributed by atoms with Crippen molar-refractivity contribution in [3.63, 3.8) is 0 Å². The van der Waals surface area contributed by atoms with Crippen molar-refractivity contribution in [1.29, 1.82) is 0 Å². The number of carboxylic acids is 6. The molecule has 12 N–H and O–H groups in total. The van der Waals surface area contributed by atoms with Crippen LogP contribution in [0.3, 0.4) is 0 Å². The topological polar surface area (TPSA) is 345 Å². The Kier molecular flexibility index (Phi) is 27.1. The summed E-state index contributed by atoms with van der Waals surface area (Å²) in [5.74, 6) is -10.6. The van der Waals surface area contributed by atoms with Crippen LogP contribution in [0.2, 0.25) is 0 Å². The van der Waals surface area contributed by atoms with E-state index in [2.05, 4.69) is 0 Å². The van der Waals surface area contributed by atoms with E-state index in [4.69, 9.17) is 61.3 Å². The smallest absolute Gasteiger partial charge is 0.335 e. The Balaban J connectivity index is -0.000000110. The van der Waals surface area contributed by atoms with E-state index in [-0.39, 0.29) is 81.7 Å². The van der Waals surface area contributed by atoms with Crippen molar-refractivity contribution < 1.29 is 172 Å². The molecule has 0 aliphatic heterocycles. The van der Waals surface area contributed by atoms with Crippen molar-refractivity contribution >= 4 is 35.8 Å². The molecular formula is C12H18Nd2O18. The maximum Gasteiger partial charge on any atom is 0.335 e. The number of aliphatic carboxylic acids is 6. The first-order valence-corrected chi connectivity index (χ1v) is 6.85. The van der Waals surface area contributed by atoms with Gasteiger partial charge < -0.3 is 61.3 Å². The minimum Gasteiger partial charge on any atom is -0.479 e. The Hall–Kier alpha value is -0.719. The predicted molar refractivity (Wildman–Crippen MR) is 81.9 cm³/mol. The Morgan fingerprint density at radius 1 is 0.312 bits per heavy atom. The quantitative estimate of drug-likeness (QED) is 0.105. The van der Waals surface area contributed by atoms with Crippen molar-refractivity contribution in [1.82, 2.24) is 0 Å². The Morgan fingerprint density at radius 2 is 0.375 bits per heavy atom. The van der Waals surface area contributed by atoms with Crippen LogP contribution in [0.4, 0.5) is 0 Å². The van der Waals surface area contributed by atoms with Crippen molar-refractivity contribution in [3.8, 4) is 0 Å². The minimum atomic E-state index is -2.27. The summed E-state index contributed by atoms with van der Waals surface area (Å²) in [6, 6.07) is 0. The average Bonchev–Trinajstić information content (AvgIpc) is 2.64. The molecule has 0 heterocycles. The van der Waals surface area contributed by atoms with Crippen LogP contribution in [-0.2, 0) is 28.8 Å². The summed E-state index contributed by atoms with van der Waals surface area (Å²) in [5, 5.41) is 97.6. The molecule has 0 aliphatic carbocycles. The van der Waals surface area contributed by atoms with Gasteiger partial charge in [0.05, 0.1) is 0 Å². The first-order valence-electron chi connectivity index (χ1n) is 6.85. The molecule has 6 unspecified atom stereocenters. The minimum absolute atomic E-state index is 0. The molecule has 18 nitrogen and oxygen atoms in total. The molecule has 182 valence electrons. The number of aliphatic hydroxyl groups is 6. The molecule has 0 bridgehead atoms. The number of rotatable bonds is 9. The molecular weight excluding hydrogens is 721 g/mol. The summed E-state index contributed by atoms with van der Waals surface area (Å²) in [7, 11) is 0. The molecule has 0 aliphatic rings. The van der Waals surface area contributed by atoms with E-state index in [0.717, 1.165) is 0 Å². The predicted octanol–water partition coefficient (Wildman–Crippen LogP) is -6.37. The number of hydrogen-bond acceptors (Lipinski definition) is 12. The van der Waals surface area contributed by atoms with E-state index in [1.165, 1.54) is 0 Å². The summed E-state index contributed by atoms with van der Waals surface area (Å²) in [6.07, 6.45) is -13.6. The summed E-state index contributed by atoms with van der Waals surface area (Å²) < 4.78 is 0. The number of carbonyl (C=O) groups is 6. The molecule has 0 saturated carbocycles. The molecule has 0 radical (unpaired) electrons. The van der Waals surface area contributed by atoms with Crippen LogP contribution in [0.15, 0.2) is 0 Å². The molecule has 20 heteroatoms. The van der Waals surface area contributed by atoms with Crippen molar-refractivity contribution in [2.45, 2.75) is 36.6 Å². The molecule has 32 heavy (non-hydrogen) atoms. The zero-order valence-corrected chi connectivity index (χ0v) is 21.7. The molecule has 0 aromatic rings. The Morgan fingerprint density at radius 3 is 0.406 bits per heavy atom. The van der Waals surface area contributed by atoms with Crippen molar-refractivity contribution in [3.05, 3.63) is 0 Å². The third-order valence-electron chi connectivity index (χ3n) is 2.42. The van der Waals surface area contributed by atoms with Crippen LogP contribution >= 0.6 is 0 Å². The summed E-state index contributed by atoms with van der Waals surface area (Å²) in [6.45, 7) is 0. The zero-order valence-electron chi connectivity index (χ0n) is 15.3. The standard InChI is InChI=1S/3C4H6O6.2Nd/c3*5-1(3(7)8)2(6)4(9)10;;/h3*1-2,5-6H,(H,7,8)(H,9,10);;. The van der Waals surface area contributed by atoms with Gasteiger partial charge in [-0.2, -0.15) is 0 Å². The van der Waals surface area contributed by atoms with E-state index >= 15 is 0 Å². The maximum absolute atomic E-state index is 9.77. The van der Waals surface area contributed by atoms with Gasteiger partial charge in [-0.3, -0.25) is 0 Å². The van der Waals surface area contributed by atoms with Gasteiger partial charge in [0.25, 0.3) is 0 Å². The molecule has 0 fully saturated rings. The van der Waals surface area contributed by atoms with Crippen molar-refractivity contribution in [2.24, 2.45) is 0 Å². The molecule has 0 saturated heterocycles. The monoisotopic (exact) mass is 734 g/mol. The van der Waals surface area contributed by atoms with Crippen LogP contribution in [0.25, 0.3) is 0 Å². The maximum atomic E-state index is 9.77. The fourth-order valence-electron chi connectivity index (χ4n) is 0.810. The van der Waals surface area contributed by atoms with Gasteiger partial charge in [0, 0.05) is 81.7 Å². The molecule has 0 spiro atoms. The van der Waals surface area contributed by atoms with E-state index in [1.807, 2.05) is 0 Å². The number of aliphatic hydroxyl groups excluding tert-OH is 6. The molecule has 0 amide bonds. The van der Waals surface area contributed by atoms with Gasteiger partial charge in [-0.05, 0) is 0 Å². The van der Waals surface area contributed by atoms with Crippen LogP contribution in [-0.4, -0.2) is 134 Å². The molecule has 0 rings (SSSR count). The van der Waals surface area contributed by atoms with Crippen LogP contribution in [0, 0.1) is 81.7 Å². The van der Waals surface area contributed by atoms with Crippen LogP contribution in [0.5, 0.6) is 0 Å². The largest absolute Gasteiger partial charge is 0.479 e. The second-order valence-corrected chi connectivity index (χ2v) is 4.70. The number of hydrogen-bond donors (Lipinski definition) is 12. The van der Waals surface area contributed by atoms with Gasteiger partial charge in [-0.25, -0.2) is 28.8 Å². The van der Waals surface area contributed by atoms with E-state index in [1.54, 1.807) is 0 Å². The third kappa shape index (κ3) is 18.8. The molecule has 0 aromatic heterocycles. The van der Waals surface area contributed by atoms with E-state index < -0.39 is 72.4 Å². The van der Waals surface area contributed by atoms with Gasteiger partial charge in [0.2, 0.25) is 0 Å². The van der Waals surface area contributed by atoms with Crippen LogP contribution in [0.1, 0.15) is 0 Å². The Bertz CT molecular complexity index is 498.